The van der Waals surface area contributed by atoms with Gasteiger partial charge in [-0.3, -0.25) is 4.40 Å². The summed E-state index contributed by atoms with van der Waals surface area (Å²) >= 11 is 1.67. The van der Waals surface area contributed by atoms with Crippen molar-refractivity contribution < 1.29 is 0 Å². The maximum absolute atomic E-state index is 4.50. The summed E-state index contributed by atoms with van der Waals surface area (Å²) in [5.74, 6) is 5.93. The summed E-state index contributed by atoms with van der Waals surface area (Å²) in [7, 11) is 0. The fourth-order valence-electron chi connectivity index (χ4n) is 1.64. The summed E-state index contributed by atoms with van der Waals surface area (Å²) in [5.41, 5.74) is 2.36. The molecule has 4 heteroatoms. The highest BCUT2D eigenvalue weighted by Crippen LogP contribution is 2.16. The molecule has 0 bridgehead atoms. The molecule has 0 aliphatic heterocycles. The Bertz CT molecular complexity index is 527. The Labute approximate surface area is 99.5 Å². The van der Waals surface area contributed by atoms with Gasteiger partial charge in [-0.1, -0.05) is 0 Å². The molecule has 16 heavy (non-hydrogen) atoms. The summed E-state index contributed by atoms with van der Waals surface area (Å²) in [6, 6.07) is 0. The number of rotatable bonds is 4. The maximum Gasteiger partial charge on any atom is 0.194 e. The molecule has 0 radical (unpaired) electrons. The molecule has 0 saturated carbocycles. The lowest BCUT2D eigenvalue weighted by Crippen LogP contribution is -2.16. The zero-order valence-corrected chi connectivity index (χ0v) is 10.4. The lowest BCUT2D eigenvalue weighted by molar-refractivity contribution is 0.680. The zero-order valence-electron chi connectivity index (χ0n) is 9.58. The van der Waals surface area contributed by atoms with E-state index in [1.54, 1.807) is 11.3 Å². The van der Waals surface area contributed by atoms with Gasteiger partial charge in [0.05, 0.1) is 11.4 Å². The van der Waals surface area contributed by atoms with Crippen LogP contribution >= 0.6 is 11.3 Å². The molecule has 0 saturated heterocycles. The monoisotopic (exact) mass is 233 g/mol. The van der Waals surface area contributed by atoms with Crippen LogP contribution in [-0.4, -0.2) is 15.9 Å². The van der Waals surface area contributed by atoms with Gasteiger partial charge in [0.1, 0.15) is 0 Å². The minimum absolute atomic E-state index is 0.856. The van der Waals surface area contributed by atoms with E-state index in [4.69, 9.17) is 0 Å². The molecule has 2 rings (SSSR count). The Kier molecular flexibility index (Phi) is 3.60. The van der Waals surface area contributed by atoms with Gasteiger partial charge in [0.25, 0.3) is 0 Å². The van der Waals surface area contributed by atoms with Crippen LogP contribution in [0.5, 0.6) is 0 Å². The molecule has 0 amide bonds. The molecule has 2 aromatic rings. The number of aromatic nitrogens is 2. The molecular formula is C12H15N3S. The Hall–Kier alpha value is -1.31. The standard InChI is InChI=1S/C12H15N3S/c1-3-4-5-6-13-9-11-10(2)14-12-15(11)7-8-16-12/h7-8,13H,5-6,9H2,1-2H3. The van der Waals surface area contributed by atoms with Crippen molar-refractivity contribution in [2.75, 3.05) is 6.54 Å². The van der Waals surface area contributed by atoms with E-state index in [1.165, 1.54) is 5.69 Å². The van der Waals surface area contributed by atoms with Crippen molar-refractivity contribution in [3.8, 4) is 11.8 Å². The number of aryl methyl sites for hydroxylation is 1. The molecular weight excluding hydrogens is 218 g/mol. The van der Waals surface area contributed by atoms with E-state index >= 15 is 0 Å². The van der Waals surface area contributed by atoms with Crippen molar-refractivity contribution in [2.24, 2.45) is 0 Å². The summed E-state index contributed by atoms with van der Waals surface area (Å²) in [5, 5.41) is 5.45. The second-order valence-electron chi connectivity index (χ2n) is 3.55. The van der Waals surface area contributed by atoms with Gasteiger partial charge >= 0.3 is 0 Å². The smallest absolute Gasteiger partial charge is 0.194 e. The largest absolute Gasteiger partial charge is 0.310 e. The number of fused-ring (bicyclic) bond motifs is 1. The topological polar surface area (TPSA) is 29.3 Å². The fraction of sp³-hybridized carbons (Fsp3) is 0.417. The van der Waals surface area contributed by atoms with Crippen LogP contribution < -0.4 is 5.32 Å². The zero-order chi connectivity index (χ0) is 11.4. The van der Waals surface area contributed by atoms with Crippen LogP contribution in [0.25, 0.3) is 4.96 Å². The maximum atomic E-state index is 4.50. The van der Waals surface area contributed by atoms with Gasteiger partial charge in [-0.05, 0) is 13.8 Å². The van der Waals surface area contributed by atoms with E-state index < -0.39 is 0 Å². The van der Waals surface area contributed by atoms with Crippen molar-refractivity contribution in [3.63, 3.8) is 0 Å². The van der Waals surface area contributed by atoms with Crippen LogP contribution in [0.15, 0.2) is 11.6 Å². The molecule has 2 aromatic heterocycles. The molecule has 2 heterocycles. The van der Waals surface area contributed by atoms with E-state index in [0.29, 0.717) is 0 Å². The first-order valence-electron chi connectivity index (χ1n) is 5.34. The first-order valence-corrected chi connectivity index (χ1v) is 6.22. The number of imidazole rings is 1. The van der Waals surface area contributed by atoms with Crippen LogP contribution in [0, 0.1) is 18.8 Å². The van der Waals surface area contributed by atoms with E-state index in [1.807, 2.05) is 6.92 Å². The predicted octanol–water partition coefficient (Wildman–Crippen LogP) is 2.21. The highest BCUT2D eigenvalue weighted by molar-refractivity contribution is 7.15. The van der Waals surface area contributed by atoms with E-state index in [2.05, 4.69) is 45.0 Å². The molecule has 0 aromatic carbocycles. The van der Waals surface area contributed by atoms with Gasteiger partial charge in [0.15, 0.2) is 4.96 Å². The van der Waals surface area contributed by atoms with Gasteiger partial charge in [-0.15, -0.1) is 23.2 Å². The minimum Gasteiger partial charge on any atom is -0.310 e. The highest BCUT2D eigenvalue weighted by atomic mass is 32.1. The summed E-state index contributed by atoms with van der Waals surface area (Å²) < 4.78 is 2.15. The van der Waals surface area contributed by atoms with Crippen LogP contribution in [-0.2, 0) is 6.54 Å². The lowest BCUT2D eigenvalue weighted by Gasteiger charge is -2.02. The molecule has 84 valence electrons. The number of hydrogen-bond acceptors (Lipinski definition) is 3. The van der Waals surface area contributed by atoms with Crippen LogP contribution in [0.1, 0.15) is 24.7 Å². The second kappa shape index (κ2) is 5.15. The first-order chi connectivity index (χ1) is 7.83. The van der Waals surface area contributed by atoms with Crippen LogP contribution in [0.4, 0.5) is 0 Å². The molecule has 3 nitrogen and oxygen atoms in total. The van der Waals surface area contributed by atoms with Crippen molar-refractivity contribution in [1.82, 2.24) is 14.7 Å². The van der Waals surface area contributed by atoms with E-state index in [9.17, 15) is 0 Å². The van der Waals surface area contributed by atoms with Gasteiger partial charge in [0, 0.05) is 31.1 Å². The van der Waals surface area contributed by atoms with E-state index in [0.717, 1.165) is 30.2 Å². The number of hydrogen-bond donors (Lipinski definition) is 1. The molecule has 1 N–H and O–H groups in total. The summed E-state index contributed by atoms with van der Waals surface area (Å²) in [4.78, 5) is 5.57. The Morgan fingerprint density at radius 2 is 2.44 bits per heavy atom. The van der Waals surface area contributed by atoms with Gasteiger partial charge in [-0.25, -0.2) is 4.98 Å². The molecule has 0 atom stereocenters. The minimum atomic E-state index is 0.856. The number of nitrogens with zero attached hydrogens (tertiary/aromatic N) is 2. The molecule has 0 unspecified atom stereocenters. The van der Waals surface area contributed by atoms with Crippen molar-refractivity contribution >= 4 is 16.3 Å². The average Bonchev–Trinajstić information content (AvgIpc) is 2.80. The SMILES string of the molecule is CC#CCCNCc1c(C)nc2sccn12. The van der Waals surface area contributed by atoms with Crippen molar-refractivity contribution in [3.05, 3.63) is 23.0 Å². The summed E-state index contributed by atoms with van der Waals surface area (Å²) in [6.45, 7) is 5.71. The predicted molar refractivity (Wildman–Crippen MR) is 67.6 cm³/mol. The van der Waals surface area contributed by atoms with Crippen molar-refractivity contribution in [1.29, 1.82) is 0 Å². The molecule has 0 aliphatic carbocycles. The quantitative estimate of drug-likeness (QED) is 0.648. The van der Waals surface area contributed by atoms with Crippen LogP contribution in [0.2, 0.25) is 0 Å². The van der Waals surface area contributed by atoms with Gasteiger partial charge < -0.3 is 5.32 Å². The third-order valence-corrected chi connectivity index (χ3v) is 3.21. The third-order valence-electron chi connectivity index (χ3n) is 2.46. The molecule has 0 fully saturated rings. The summed E-state index contributed by atoms with van der Waals surface area (Å²) in [6.07, 6.45) is 2.98. The van der Waals surface area contributed by atoms with E-state index in [-0.39, 0.29) is 0 Å². The Morgan fingerprint density at radius 1 is 1.56 bits per heavy atom. The number of thiazole rings is 1. The molecule has 0 aliphatic rings. The van der Waals surface area contributed by atoms with Crippen LogP contribution in [0.3, 0.4) is 0 Å². The van der Waals surface area contributed by atoms with Gasteiger partial charge in [0.2, 0.25) is 0 Å². The Balaban J connectivity index is 1.99. The average molecular weight is 233 g/mol. The molecule has 0 spiro atoms. The Morgan fingerprint density at radius 3 is 3.25 bits per heavy atom. The normalized spacial score (nSPS) is 10.4. The van der Waals surface area contributed by atoms with Crippen molar-refractivity contribution in [2.45, 2.75) is 26.8 Å². The second-order valence-corrected chi connectivity index (χ2v) is 4.43. The fourth-order valence-corrected chi connectivity index (χ4v) is 2.41. The first kappa shape index (κ1) is 11.2. The third kappa shape index (κ3) is 2.26. The lowest BCUT2D eigenvalue weighted by atomic mass is 10.3. The highest BCUT2D eigenvalue weighted by Gasteiger charge is 2.08. The number of nitrogens with one attached hydrogen (secondary N) is 1. The van der Waals surface area contributed by atoms with Gasteiger partial charge in [-0.2, -0.15) is 0 Å².